The number of nitrogens with one attached hydrogen (secondary N) is 1. The van der Waals surface area contributed by atoms with E-state index in [1.54, 1.807) is 11.3 Å². The summed E-state index contributed by atoms with van der Waals surface area (Å²) in [5, 5.41) is 3.25. The molecule has 2 heterocycles. The van der Waals surface area contributed by atoms with Gasteiger partial charge in [-0.05, 0) is 44.6 Å². The molecule has 1 N–H and O–H groups in total. The molecule has 2 rings (SSSR count). The minimum Gasteiger partial charge on any atom is -0.319 e. The Morgan fingerprint density at radius 1 is 1.60 bits per heavy atom. The summed E-state index contributed by atoms with van der Waals surface area (Å²) in [6.45, 7) is 4.65. The summed E-state index contributed by atoms with van der Waals surface area (Å²) in [6.07, 6.45) is 1.32. The molecule has 1 fully saturated rings. The van der Waals surface area contributed by atoms with Gasteiger partial charge in [0.25, 0.3) is 0 Å². The SMILES string of the molecule is CNCC1CCN(Cc2ccc(Cl)s2)C1. The average Bonchev–Trinajstić information content (AvgIpc) is 2.78. The largest absolute Gasteiger partial charge is 0.319 e. The molecule has 0 amide bonds. The van der Waals surface area contributed by atoms with Crippen LogP contribution in [0.1, 0.15) is 11.3 Å². The molecule has 1 saturated heterocycles. The van der Waals surface area contributed by atoms with Gasteiger partial charge in [-0.3, -0.25) is 4.90 Å². The Labute approximate surface area is 100 Å². The highest BCUT2D eigenvalue weighted by molar-refractivity contribution is 7.16. The van der Waals surface area contributed by atoms with E-state index in [0.29, 0.717) is 0 Å². The van der Waals surface area contributed by atoms with E-state index >= 15 is 0 Å². The molecule has 0 spiro atoms. The predicted octanol–water partition coefficient (Wildman–Crippen LogP) is 2.44. The highest BCUT2D eigenvalue weighted by atomic mass is 35.5. The first-order valence-electron chi connectivity index (χ1n) is 5.39. The predicted molar refractivity (Wildman–Crippen MR) is 66.6 cm³/mol. The fraction of sp³-hybridized carbons (Fsp3) is 0.636. The maximum atomic E-state index is 5.91. The standard InChI is InChI=1S/C11H17ClN2S/c1-13-6-9-4-5-14(7-9)8-10-2-3-11(12)15-10/h2-3,9,13H,4-8H2,1H3. The highest BCUT2D eigenvalue weighted by Crippen LogP contribution is 2.25. The third-order valence-electron chi connectivity index (χ3n) is 2.87. The van der Waals surface area contributed by atoms with E-state index in [-0.39, 0.29) is 0 Å². The van der Waals surface area contributed by atoms with Gasteiger partial charge in [-0.25, -0.2) is 0 Å². The van der Waals surface area contributed by atoms with E-state index in [4.69, 9.17) is 11.6 Å². The molecule has 4 heteroatoms. The van der Waals surface area contributed by atoms with Gasteiger partial charge in [0.2, 0.25) is 0 Å². The monoisotopic (exact) mass is 244 g/mol. The number of hydrogen-bond acceptors (Lipinski definition) is 3. The molecular weight excluding hydrogens is 228 g/mol. The van der Waals surface area contributed by atoms with Crippen molar-refractivity contribution in [3.05, 3.63) is 21.3 Å². The molecule has 0 aliphatic carbocycles. The van der Waals surface area contributed by atoms with Gasteiger partial charge in [0, 0.05) is 18.0 Å². The van der Waals surface area contributed by atoms with Crippen LogP contribution in [0, 0.1) is 5.92 Å². The van der Waals surface area contributed by atoms with Crippen molar-refractivity contribution in [1.82, 2.24) is 10.2 Å². The normalized spacial score (nSPS) is 22.4. The fourth-order valence-corrected chi connectivity index (χ4v) is 3.30. The summed E-state index contributed by atoms with van der Waals surface area (Å²) < 4.78 is 0.899. The first-order valence-corrected chi connectivity index (χ1v) is 6.58. The molecule has 1 atom stereocenters. The Balaban J connectivity index is 1.82. The molecule has 1 aromatic heterocycles. The molecule has 1 unspecified atom stereocenters. The highest BCUT2D eigenvalue weighted by Gasteiger charge is 2.21. The van der Waals surface area contributed by atoms with Crippen molar-refractivity contribution in [2.24, 2.45) is 5.92 Å². The van der Waals surface area contributed by atoms with Crippen LogP contribution >= 0.6 is 22.9 Å². The lowest BCUT2D eigenvalue weighted by atomic mass is 10.1. The minimum absolute atomic E-state index is 0.824. The topological polar surface area (TPSA) is 15.3 Å². The van der Waals surface area contributed by atoms with Crippen molar-refractivity contribution in [3.63, 3.8) is 0 Å². The minimum atomic E-state index is 0.824. The van der Waals surface area contributed by atoms with Gasteiger partial charge in [0.05, 0.1) is 4.34 Å². The van der Waals surface area contributed by atoms with Crippen LogP contribution in [0.4, 0.5) is 0 Å². The molecule has 84 valence electrons. The molecule has 1 aliphatic rings. The van der Waals surface area contributed by atoms with Gasteiger partial charge >= 0.3 is 0 Å². The van der Waals surface area contributed by atoms with Crippen LogP contribution in [0.15, 0.2) is 12.1 Å². The maximum absolute atomic E-state index is 5.91. The third kappa shape index (κ3) is 3.18. The molecule has 0 saturated carbocycles. The smallest absolute Gasteiger partial charge is 0.0931 e. The van der Waals surface area contributed by atoms with Gasteiger partial charge in [-0.15, -0.1) is 11.3 Å². The first-order chi connectivity index (χ1) is 7.28. The van der Waals surface area contributed by atoms with Crippen molar-refractivity contribution >= 4 is 22.9 Å². The zero-order valence-corrected chi connectivity index (χ0v) is 10.6. The second-order valence-electron chi connectivity index (χ2n) is 4.15. The van der Waals surface area contributed by atoms with Crippen LogP contribution in [0.5, 0.6) is 0 Å². The summed E-state index contributed by atoms with van der Waals surface area (Å²) in [4.78, 5) is 3.90. The summed E-state index contributed by atoms with van der Waals surface area (Å²) in [7, 11) is 2.03. The molecule has 0 bridgehead atoms. The molecular formula is C11H17ClN2S. The van der Waals surface area contributed by atoms with Gasteiger partial charge in [-0.1, -0.05) is 11.6 Å². The Morgan fingerprint density at radius 3 is 3.13 bits per heavy atom. The Hall–Kier alpha value is -0.0900. The molecule has 2 nitrogen and oxygen atoms in total. The quantitative estimate of drug-likeness (QED) is 0.875. The summed E-state index contributed by atoms with van der Waals surface area (Å²) >= 11 is 7.61. The maximum Gasteiger partial charge on any atom is 0.0931 e. The summed E-state index contributed by atoms with van der Waals surface area (Å²) in [5.74, 6) is 0.824. The molecule has 0 radical (unpaired) electrons. The Bertz CT molecular complexity index is 313. The van der Waals surface area contributed by atoms with Crippen LogP contribution in [0.25, 0.3) is 0 Å². The zero-order chi connectivity index (χ0) is 10.7. The lowest BCUT2D eigenvalue weighted by molar-refractivity contribution is 0.318. The van der Waals surface area contributed by atoms with E-state index in [2.05, 4.69) is 16.3 Å². The van der Waals surface area contributed by atoms with Crippen molar-refractivity contribution in [3.8, 4) is 0 Å². The number of hydrogen-bond donors (Lipinski definition) is 1. The number of nitrogens with zero attached hydrogens (tertiary/aromatic N) is 1. The summed E-state index contributed by atoms with van der Waals surface area (Å²) in [6, 6.07) is 4.13. The zero-order valence-electron chi connectivity index (χ0n) is 9.00. The van der Waals surface area contributed by atoms with Crippen LogP contribution in [-0.4, -0.2) is 31.6 Å². The number of thiophene rings is 1. The van der Waals surface area contributed by atoms with Crippen molar-refractivity contribution < 1.29 is 0 Å². The third-order valence-corrected chi connectivity index (χ3v) is 4.09. The molecule has 0 aromatic carbocycles. The van der Waals surface area contributed by atoms with Gasteiger partial charge in [-0.2, -0.15) is 0 Å². The average molecular weight is 245 g/mol. The number of rotatable bonds is 4. The van der Waals surface area contributed by atoms with E-state index < -0.39 is 0 Å². The van der Waals surface area contributed by atoms with E-state index in [9.17, 15) is 0 Å². The van der Waals surface area contributed by atoms with E-state index in [1.807, 2.05) is 13.1 Å². The van der Waals surface area contributed by atoms with Crippen molar-refractivity contribution in [2.45, 2.75) is 13.0 Å². The van der Waals surface area contributed by atoms with Crippen LogP contribution < -0.4 is 5.32 Å². The number of likely N-dealkylation sites (tertiary alicyclic amines) is 1. The Kier molecular flexibility index (Phi) is 4.03. The molecule has 1 aromatic rings. The van der Waals surface area contributed by atoms with Crippen molar-refractivity contribution in [2.75, 3.05) is 26.7 Å². The van der Waals surface area contributed by atoms with E-state index in [1.165, 1.54) is 24.4 Å². The number of halogens is 1. The molecule has 1 aliphatic heterocycles. The van der Waals surface area contributed by atoms with Crippen LogP contribution in [-0.2, 0) is 6.54 Å². The fourth-order valence-electron chi connectivity index (χ4n) is 2.17. The lowest BCUT2D eigenvalue weighted by Gasteiger charge is -2.14. The molecule has 15 heavy (non-hydrogen) atoms. The van der Waals surface area contributed by atoms with Gasteiger partial charge in [0.15, 0.2) is 0 Å². The van der Waals surface area contributed by atoms with Crippen LogP contribution in [0.2, 0.25) is 4.34 Å². The van der Waals surface area contributed by atoms with Gasteiger partial charge in [0.1, 0.15) is 0 Å². The van der Waals surface area contributed by atoms with Crippen molar-refractivity contribution in [1.29, 1.82) is 0 Å². The lowest BCUT2D eigenvalue weighted by Crippen LogP contribution is -2.24. The van der Waals surface area contributed by atoms with Crippen LogP contribution in [0.3, 0.4) is 0 Å². The second-order valence-corrected chi connectivity index (χ2v) is 5.95. The second kappa shape index (κ2) is 5.30. The Morgan fingerprint density at radius 2 is 2.47 bits per heavy atom. The summed E-state index contributed by atoms with van der Waals surface area (Å²) in [5.41, 5.74) is 0. The first kappa shape index (κ1) is 11.4. The van der Waals surface area contributed by atoms with Gasteiger partial charge < -0.3 is 5.32 Å². The van der Waals surface area contributed by atoms with E-state index in [0.717, 1.165) is 23.3 Å².